The number of ether oxygens (including phenoxy) is 1. The Morgan fingerprint density at radius 1 is 1.45 bits per heavy atom. The van der Waals surface area contributed by atoms with Gasteiger partial charge in [-0.1, -0.05) is 34.1 Å². The first-order chi connectivity index (χ1) is 17.5. The number of epoxide rings is 1. The molecule has 0 aliphatic carbocycles. The Morgan fingerprint density at radius 3 is 2.55 bits per heavy atom. The Labute approximate surface area is 237 Å². The fourth-order valence-electron chi connectivity index (χ4n) is 3.68. The molecule has 1 aromatic rings. The third kappa shape index (κ3) is 14.7. The number of aromatic nitrogens is 1. The fraction of sp³-hybridized carbons (Fsp3) is 0.792. The summed E-state index contributed by atoms with van der Waals surface area (Å²) in [6.45, 7) is 12.8. The van der Waals surface area contributed by atoms with E-state index >= 15 is 0 Å². The molecule has 38 heavy (non-hydrogen) atoms. The van der Waals surface area contributed by atoms with Crippen molar-refractivity contribution in [3.8, 4) is 0 Å². The Kier molecular flexibility index (Phi) is 15.0. The van der Waals surface area contributed by atoms with Crippen LogP contribution in [0.15, 0.2) is 11.0 Å². The second-order valence-electron chi connectivity index (χ2n) is 11.0. The van der Waals surface area contributed by atoms with Crippen LogP contribution in [-0.2, 0) is 39.0 Å². The number of aryl methyl sites for hydroxylation is 1. The van der Waals surface area contributed by atoms with Crippen molar-refractivity contribution >= 4 is 48.7 Å². The van der Waals surface area contributed by atoms with Gasteiger partial charge in [0.1, 0.15) is 5.60 Å². The van der Waals surface area contributed by atoms with E-state index in [-0.39, 0.29) is 36.4 Å². The summed E-state index contributed by atoms with van der Waals surface area (Å²) in [6.07, 6.45) is 5.92. The van der Waals surface area contributed by atoms with Gasteiger partial charge < -0.3 is 23.0 Å². The molecule has 0 saturated carbocycles. The Hall–Kier alpha value is -0.553. The molecule has 1 saturated heterocycles. The molecule has 1 unspecified atom stereocenters. The third-order valence-electron chi connectivity index (χ3n) is 5.83. The van der Waals surface area contributed by atoms with E-state index in [2.05, 4.69) is 42.9 Å². The van der Waals surface area contributed by atoms with Crippen molar-refractivity contribution in [2.75, 3.05) is 26.6 Å². The Bertz CT molecular complexity index is 1010. The first-order valence-electron chi connectivity index (χ1n) is 12.5. The van der Waals surface area contributed by atoms with E-state index < -0.39 is 36.8 Å². The fourth-order valence-corrected chi connectivity index (χ4v) is 5.77. The highest BCUT2D eigenvalue weighted by Gasteiger charge is 2.57. The highest BCUT2D eigenvalue weighted by molar-refractivity contribution is 7.86. The maximum absolute atomic E-state index is 11.6. The van der Waals surface area contributed by atoms with Crippen molar-refractivity contribution < 1.29 is 39.8 Å². The molecule has 10 nitrogen and oxygen atoms in total. The summed E-state index contributed by atoms with van der Waals surface area (Å²) in [4.78, 5) is 4.55. The lowest BCUT2D eigenvalue weighted by Crippen LogP contribution is -2.29. The molecule has 5 atom stereocenters. The molecule has 0 radical (unpaired) electrons. The average Bonchev–Trinajstić information content (AvgIpc) is 3.33. The molecule has 2 rings (SSSR count). The number of nitrogens with zero attached hydrogens (tertiary/aromatic N) is 1. The number of aliphatic hydroxyl groups excluding tert-OH is 1. The topological polar surface area (TPSA) is 148 Å². The van der Waals surface area contributed by atoms with Crippen LogP contribution >= 0.6 is 11.3 Å². The van der Waals surface area contributed by atoms with Gasteiger partial charge >= 0.3 is 0 Å². The highest BCUT2D eigenvalue weighted by Crippen LogP contribution is 2.45. The molecule has 222 valence electrons. The van der Waals surface area contributed by atoms with Crippen LogP contribution in [0.25, 0.3) is 6.08 Å². The van der Waals surface area contributed by atoms with Gasteiger partial charge in [-0.3, -0.25) is 4.18 Å². The highest BCUT2D eigenvalue weighted by atomic mass is 32.2. The maximum Gasteiger partial charge on any atom is 0.264 e. The van der Waals surface area contributed by atoms with Crippen molar-refractivity contribution in [1.82, 2.24) is 4.98 Å². The molecule has 0 amide bonds. The Morgan fingerprint density at radius 2 is 2.08 bits per heavy atom. The van der Waals surface area contributed by atoms with Crippen LogP contribution in [0, 0.1) is 12.8 Å². The van der Waals surface area contributed by atoms with E-state index in [1.165, 1.54) is 0 Å². The van der Waals surface area contributed by atoms with Crippen molar-refractivity contribution in [3.63, 3.8) is 0 Å². The summed E-state index contributed by atoms with van der Waals surface area (Å²) in [5.74, 6) is 0.204. The van der Waals surface area contributed by atoms with Gasteiger partial charge in [0.25, 0.3) is 10.1 Å². The lowest BCUT2D eigenvalue weighted by molar-refractivity contribution is 0.173. The van der Waals surface area contributed by atoms with Crippen LogP contribution in [-0.4, -0.2) is 81.4 Å². The lowest BCUT2D eigenvalue weighted by Gasteiger charge is -2.25. The molecule has 0 spiro atoms. The molecular weight excluding hydrogens is 571 g/mol. The van der Waals surface area contributed by atoms with Gasteiger partial charge in [-0.25, -0.2) is 9.19 Å². The molecule has 2 heterocycles. The quantitative estimate of drug-likeness (QED) is 0.135. The SMILES string of the molecule is C/C(=C\c1csc(C)n1)[C@H](C[C@@H]1O[C@@]1(CCC[C@H](C)CO)COS(C)(=O)=O)O[SiH2]C(C)(C)C.COS(=O)[O-]. The van der Waals surface area contributed by atoms with Crippen molar-refractivity contribution in [1.29, 1.82) is 0 Å². The van der Waals surface area contributed by atoms with Crippen molar-refractivity contribution in [2.24, 2.45) is 5.92 Å². The largest absolute Gasteiger partial charge is 0.750 e. The smallest absolute Gasteiger partial charge is 0.264 e. The van der Waals surface area contributed by atoms with Gasteiger partial charge in [-0.15, -0.1) is 11.3 Å². The first kappa shape index (κ1) is 35.5. The normalized spacial score (nSPS) is 22.7. The maximum atomic E-state index is 11.6. The molecule has 1 aliphatic heterocycles. The van der Waals surface area contributed by atoms with Gasteiger partial charge in [0, 0.05) is 18.4 Å². The summed E-state index contributed by atoms with van der Waals surface area (Å²) in [5.41, 5.74) is 1.41. The zero-order valence-corrected chi connectivity index (χ0v) is 27.6. The second-order valence-corrected chi connectivity index (χ2v) is 17.2. The van der Waals surface area contributed by atoms with Crippen LogP contribution in [0.2, 0.25) is 5.04 Å². The van der Waals surface area contributed by atoms with Gasteiger partial charge in [0.2, 0.25) is 0 Å². The van der Waals surface area contributed by atoms with E-state index in [1.54, 1.807) is 11.3 Å². The average molecular weight is 615 g/mol. The predicted molar refractivity (Wildman–Crippen MR) is 153 cm³/mol. The summed E-state index contributed by atoms with van der Waals surface area (Å²) in [5, 5.41) is 12.5. The van der Waals surface area contributed by atoms with Gasteiger partial charge in [-0.2, -0.15) is 8.42 Å². The number of thiazole rings is 1. The number of aliphatic hydroxyl groups is 1. The number of hydrogen-bond donors (Lipinski definition) is 1. The second kappa shape index (κ2) is 16.0. The van der Waals surface area contributed by atoms with Crippen LogP contribution in [0.1, 0.15) is 71.0 Å². The summed E-state index contributed by atoms with van der Waals surface area (Å²) in [7, 11) is -3.28. The lowest BCUT2D eigenvalue weighted by atomic mass is 9.92. The number of hydrogen-bond acceptors (Lipinski definition) is 11. The predicted octanol–water partition coefficient (Wildman–Crippen LogP) is 3.27. The number of rotatable bonds is 15. The van der Waals surface area contributed by atoms with Gasteiger partial charge in [-0.05, 0) is 49.3 Å². The van der Waals surface area contributed by atoms with Gasteiger partial charge in [0.15, 0.2) is 9.76 Å². The molecule has 1 fully saturated rings. The van der Waals surface area contributed by atoms with E-state index in [0.29, 0.717) is 12.8 Å². The minimum absolute atomic E-state index is 0.0153. The minimum atomic E-state index is -3.56. The van der Waals surface area contributed by atoms with Crippen molar-refractivity contribution in [2.45, 2.75) is 90.1 Å². The summed E-state index contributed by atoms with van der Waals surface area (Å²) in [6, 6.07) is 0. The zero-order chi connectivity index (χ0) is 29.1. The monoisotopic (exact) mass is 614 g/mol. The van der Waals surface area contributed by atoms with Crippen molar-refractivity contribution in [3.05, 3.63) is 21.7 Å². The minimum Gasteiger partial charge on any atom is -0.750 e. The van der Waals surface area contributed by atoms with Gasteiger partial charge in [0.05, 0.1) is 54.2 Å². The molecule has 0 aromatic carbocycles. The standard InChI is InChI=1S/C23H41NO6S2Si.CH4O3S/c1-16(13-25)9-8-10-23(15-28-32(7,26)27)21(29-23)12-20(30-33-22(4,5)6)17(2)11-19-14-31-18(3)24-19;1-4-5(2)3/h11,14,16,20-21,25H,8-10,12-13,15,33H2,1-7H3;1H3,(H,2,3)/p-1/b17-11+;/t16-,20-,21-,23-;/m0./s1. The summed E-state index contributed by atoms with van der Waals surface area (Å²) < 4.78 is 63.0. The molecule has 14 heteroatoms. The van der Waals surface area contributed by atoms with Crippen LogP contribution < -0.4 is 0 Å². The zero-order valence-electron chi connectivity index (χ0n) is 23.7. The molecule has 0 bridgehead atoms. The Balaban J connectivity index is 0.00000132. The first-order valence-corrected chi connectivity index (χ1v) is 17.5. The molecular formula is C24H44NO9S3Si-. The van der Waals surface area contributed by atoms with E-state index in [4.69, 9.17) is 22.1 Å². The van der Waals surface area contributed by atoms with Crippen LogP contribution in [0.5, 0.6) is 0 Å². The van der Waals surface area contributed by atoms with E-state index in [1.807, 2.05) is 19.2 Å². The van der Waals surface area contributed by atoms with E-state index in [0.717, 1.165) is 42.5 Å². The third-order valence-corrected chi connectivity index (χ3v) is 8.88. The molecule has 1 aromatic heterocycles. The van der Waals surface area contributed by atoms with Crippen LogP contribution in [0.4, 0.5) is 0 Å². The summed E-state index contributed by atoms with van der Waals surface area (Å²) >= 11 is -0.703. The molecule has 1 aliphatic rings. The molecule has 1 N–H and O–H groups in total. The van der Waals surface area contributed by atoms with E-state index in [9.17, 15) is 13.5 Å². The van der Waals surface area contributed by atoms with Crippen LogP contribution in [0.3, 0.4) is 0 Å².